The third kappa shape index (κ3) is 7.73. The van der Waals surface area contributed by atoms with Crippen LogP contribution in [0.1, 0.15) is 62.0 Å². The van der Waals surface area contributed by atoms with Crippen LogP contribution in [-0.4, -0.2) is 79.3 Å². The Balaban J connectivity index is 1.35. The fraction of sp³-hybridized carbons (Fsp3) is 0.395. The second-order valence-corrected chi connectivity index (χ2v) is 15.4. The summed E-state index contributed by atoms with van der Waals surface area (Å²) in [7, 11) is 3.04. The summed E-state index contributed by atoms with van der Waals surface area (Å²) in [6, 6.07) is 16.1. The summed E-state index contributed by atoms with van der Waals surface area (Å²) in [4.78, 5) is 30.1. The van der Waals surface area contributed by atoms with Gasteiger partial charge in [0.15, 0.2) is 17.0 Å². The summed E-state index contributed by atoms with van der Waals surface area (Å²) in [5.74, 6) is -1.37. The molecular weight excluding hydrogens is 729 g/mol. The lowest BCUT2D eigenvalue weighted by atomic mass is 9.73. The van der Waals surface area contributed by atoms with Crippen LogP contribution in [0.3, 0.4) is 0 Å². The van der Waals surface area contributed by atoms with Crippen LogP contribution in [0.5, 0.6) is 11.5 Å². The van der Waals surface area contributed by atoms with Crippen molar-refractivity contribution in [2.45, 2.75) is 43.7 Å². The van der Waals surface area contributed by atoms with E-state index in [4.69, 9.17) is 37.4 Å². The topological polar surface area (TPSA) is 142 Å². The first-order valence-electron chi connectivity index (χ1n) is 17.0. The molecule has 3 fully saturated rings. The lowest BCUT2D eigenvalue weighted by Crippen LogP contribution is -2.55. The van der Waals surface area contributed by atoms with E-state index >= 15 is 0 Å². The molecule has 5 heterocycles. The molecule has 276 valence electrons. The maximum atomic E-state index is 14.1. The number of fused-ring (bicyclic) bond motifs is 3. The predicted octanol–water partition coefficient (Wildman–Crippen LogP) is 5.68. The van der Waals surface area contributed by atoms with Gasteiger partial charge in [0, 0.05) is 33.0 Å². The fourth-order valence-corrected chi connectivity index (χ4v) is 8.91. The molecule has 2 aromatic carbocycles. The summed E-state index contributed by atoms with van der Waals surface area (Å²) in [5, 5.41) is 35.1. The van der Waals surface area contributed by atoms with Crippen molar-refractivity contribution < 1.29 is 44.0 Å². The number of rotatable bonds is 15. The first kappa shape index (κ1) is 37.8. The van der Waals surface area contributed by atoms with Crippen molar-refractivity contribution in [3.05, 3.63) is 109 Å². The van der Waals surface area contributed by atoms with Crippen LogP contribution in [0.25, 0.3) is 0 Å². The first-order valence-corrected chi connectivity index (χ1v) is 18.6. The predicted molar refractivity (Wildman–Crippen MR) is 196 cm³/mol. The SMILES string of the molecule is COc1ccc([C@H](Cc2c(Cl)c[n+](O)cc2Cl)c2cc(CNC(CO)(C(=O)OCC34CCN(CC3)CC4)c3ccccc3)sc2C(=O)O)cc1OC. The number of benzene rings is 2. The van der Waals surface area contributed by atoms with Gasteiger partial charge in [0.1, 0.15) is 14.9 Å². The van der Waals surface area contributed by atoms with Crippen LogP contribution in [-0.2, 0) is 28.0 Å². The van der Waals surface area contributed by atoms with Crippen LogP contribution in [0.4, 0.5) is 0 Å². The number of methoxy groups -OCH3 is 2. The van der Waals surface area contributed by atoms with E-state index in [1.165, 1.54) is 26.6 Å². The highest BCUT2D eigenvalue weighted by molar-refractivity contribution is 7.14. The second-order valence-electron chi connectivity index (χ2n) is 13.4. The zero-order valence-corrected chi connectivity index (χ0v) is 31.3. The number of halogens is 2. The number of carboxylic acids is 1. The number of aromatic nitrogens is 1. The minimum absolute atomic E-state index is 0.0472. The van der Waals surface area contributed by atoms with Crippen molar-refractivity contribution in [3.63, 3.8) is 0 Å². The van der Waals surface area contributed by atoms with Gasteiger partial charge in [-0.2, -0.15) is 0 Å². The maximum Gasteiger partial charge on any atom is 0.346 e. The average molecular weight is 772 g/mol. The van der Waals surface area contributed by atoms with Gasteiger partial charge in [0.25, 0.3) is 0 Å². The molecule has 3 aliphatic rings. The van der Waals surface area contributed by atoms with E-state index in [2.05, 4.69) is 10.2 Å². The molecule has 0 saturated carbocycles. The molecule has 11 nitrogen and oxygen atoms in total. The number of thiophene rings is 1. The van der Waals surface area contributed by atoms with E-state index in [0.717, 1.165) is 55.0 Å². The summed E-state index contributed by atoms with van der Waals surface area (Å²) in [6.07, 6.45) is 5.67. The Hall–Kier alpha value is -3.91. The fourth-order valence-electron chi connectivity index (χ4n) is 7.31. The molecule has 0 amide bonds. The van der Waals surface area contributed by atoms with E-state index < -0.39 is 30.0 Å². The van der Waals surface area contributed by atoms with Crippen LogP contribution >= 0.6 is 34.5 Å². The maximum absolute atomic E-state index is 14.1. The van der Waals surface area contributed by atoms with Crippen LogP contribution in [0, 0.1) is 5.41 Å². The van der Waals surface area contributed by atoms with Crippen molar-refractivity contribution in [2.75, 3.05) is 47.1 Å². The van der Waals surface area contributed by atoms with Crippen molar-refractivity contribution in [1.29, 1.82) is 0 Å². The molecule has 7 rings (SSSR count). The molecule has 2 bridgehead atoms. The molecule has 0 radical (unpaired) electrons. The number of pyridine rings is 1. The Morgan fingerprint density at radius 1 is 1.00 bits per heavy atom. The number of aliphatic hydroxyl groups excluding tert-OH is 1. The Bertz CT molecular complexity index is 1880. The van der Waals surface area contributed by atoms with Gasteiger partial charge in [0.05, 0.1) is 27.4 Å². The Labute approximate surface area is 316 Å². The lowest BCUT2D eigenvalue weighted by Gasteiger charge is -2.48. The molecule has 0 spiro atoms. The van der Waals surface area contributed by atoms with Crippen LogP contribution < -0.4 is 19.5 Å². The van der Waals surface area contributed by atoms with Crippen molar-refractivity contribution in [3.8, 4) is 11.5 Å². The number of aliphatic hydroxyl groups is 1. The summed E-state index contributed by atoms with van der Waals surface area (Å²) >= 11 is 14.2. The van der Waals surface area contributed by atoms with E-state index in [1.807, 2.05) is 12.1 Å². The highest BCUT2D eigenvalue weighted by Crippen LogP contribution is 2.42. The number of piperidine rings is 3. The van der Waals surface area contributed by atoms with Gasteiger partial charge < -0.3 is 29.3 Å². The number of aromatic carboxylic acids is 1. The Morgan fingerprint density at radius 3 is 2.25 bits per heavy atom. The van der Waals surface area contributed by atoms with Crippen LogP contribution in [0.2, 0.25) is 10.0 Å². The normalized spacial score (nSPS) is 19.8. The number of carbonyl (C=O) groups is 2. The van der Waals surface area contributed by atoms with E-state index in [9.17, 15) is 25.0 Å². The molecule has 2 aromatic heterocycles. The highest BCUT2D eigenvalue weighted by atomic mass is 35.5. The van der Waals surface area contributed by atoms with Crippen LogP contribution in [0.15, 0.2) is 67.0 Å². The lowest BCUT2D eigenvalue weighted by molar-refractivity contribution is -0.904. The number of hydrogen-bond acceptors (Lipinski definition) is 10. The zero-order chi connectivity index (χ0) is 37.0. The highest BCUT2D eigenvalue weighted by Gasteiger charge is 2.45. The van der Waals surface area contributed by atoms with E-state index in [1.54, 1.807) is 42.5 Å². The molecule has 0 aliphatic carbocycles. The molecule has 52 heavy (non-hydrogen) atoms. The minimum atomic E-state index is -1.60. The third-order valence-corrected chi connectivity index (χ3v) is 12.3. The van der Waals surface area contributed by atoms with E-state index in [-0.39, 0.29) is 39.9 Å². The molecular formula is C38H42Cl2N3O8S+. The number of nitrogens with zero attached hydrogens (tertiary/aromatic N) is 2. The Morgan fingerprint density at radius 2 is 1.65 bits per heavy atom. The van der Waals surface area contributed by atoms with Gasteiger partial charge in [-0.15, -0.1) is 11.3 Å². The summed E-state index contributed by atoms with van der Waals surface area (Å²) in [5.41, 5.74) is 0.553. The zero-order valence-electron chi connectivity index (χ0n) is 28.9. The number of ether oxygens (including phenoxy) is 3. The number of hydrogen-bond donors (Lipinski definition) is 4. The first-order chi connectivity index (χ1) is 25.0. The Kier molecular flexibility index (Phi) is 11.6. The largest absolute Gasteiger partial charge is 0.493 e. The van der Waals surface area contributed by atoms with Gasteiger partial charge in [-0.25, -0.2) is 9.59 Å². The quantitative estimate of drug-likeness (QED) is 0.0679. The van der Waals surface area contributed by atoms with Crippen molar-refractivity contribution >= 4 is 46.5 Å². The minimum Gasteiger partial charge on any atom is -0.493 e. The standard InChI is InChI=1S/C38H41Cl2N3O8S/c1-49-32-9-8-24(16-33(32)50-2)27(18-29-30(39)20-43(48)21-31(29)40)28-17-26(52-34(28)35(45)46)19-41-38(22-44,25-6-4-3-5-7-25)36(47)51-23-37-10-13-42(14-11-37)15-12-37/h3-9,16-17,20-21,27,41,44H,10-15,18-19,22-23H2,1-2H3,(H-,45,46,48)/p+1/t27-,38?/m0/s1. The summed E-state index contributed by atoms with van der Waals surface area (Å²) in [6.45, 7) is 2.70. The number of carbonyl (C=O) groups excluding carboxylic acids is 1. The average Bonchev–Trinajstić information content (AvgIpc) is 3.59. The molecule has 4 aromatic rings. The molecule has 1 unspecified atom stereocenters. The molecule has 2 atom stereocenters. The van der Waals surface area contributed by atoms with Crippen molar-refractivity contribution in [2.24, 2.45) is 5.41 Å². The molecule has 3 aliphatic heterocycles. The number of nitrogens with one attached hydrogen (secondary N) is 1. The van der Waals surface area contributed by atoms with Crippen molar-refractivity contribution in [1.82, 2.24) is 10.2 Å². The number of esters is 1. The smallest absolute Gasteiger partial charge is 0.346 e. The van der Waals surface area contributed by atoms with Gasteiger partial charge in [0.2, 0.25) is 12.4 Å². The summed E-state index contributed by atoms with van der Waals surface area (Å²) < 4.78 is 17.9. The van der Waals surface area contributed by atoms with Gasteiger partial charge in [-0.3, -0.25) is 10.5 Å². The third-order valence-electron chi connectivity index (χ3n) is 10.5. The molecule has 3 saturated heterocycles. The van der Waals surface area contributed by atoms with E-state index in [0.29, 0.717) is 38.6 Å². The molecule has 4 N–H and O–H groups in total. The monoisotopic (exact) mass is 770 g/mol. The number of carboxylic acid groups (broad SMARTS) is 1. The van der Waals surface area contributed by atoms with Gasteiger partial charge in [-0.1, -0.05) is 59.6 Å². The van der Waals surface area contributed by atoms with Gasteiger partial charge >= 0.3 is 11.9 Å². The second kappa shape index (κ2) is 16.0. The van der Waals surface area contributed by atoms with Gasteiger partial charge in [-0.05, 0) is 80.2 Å². The molecule has 14 heteroatoms.